The highest BCUT2D eigenvalue weighted by atomic mass is 16.5. The number of aryl methyl sites for hydroxylation is 1. The first-order chi connectivity index (χ1) is 7.63. The lowest BCUT2D eigenvalue weighted by molar-refractivity contribution is 0.202. The third-order valence-electron chi connectivity index (χ3n) is 2.54. The molecule has 0 saturated heterocycles. The molecule has 0 unspecified atom stereocenters. The molecule has 0 atom stereocenters. The molecular weight excluding hydrogens is 208 g/mol. The van der Waals surface area contributed by atoms with Crippen molar-refractivity contribution in [1.29, 1.82) is 0 Å². The van der Waals surface area contributed by atoms with E-state index in [1.165, 1.54) is 4.57 Å². The van der Waals surface area contributed by atoms with Gasteiger partial charge >= 0.3 is 5.76 Å². The summed E-state index contributed by atoms with van der Waals surface area (Å²) in [5, 5.41) is 0. The minimum absolute atomic E-state index is 0.346. The average Bonchev–Trinajstić information content (AvgIpc) is 2.55. The Balaban J connectivity index is 2.48. The largest absolute Gasteiger partial charge is 0.419 e. The minimum Gasteiger partial charge on any atom is -0.408 e. The van der Waals surface area contributed by atoms with Crippen LogP contribution < -0.4 is 10.7 Å². The monoisotopic (exact) mass is 222 g/mol. The molecule has 86 valence electrons. The van der Waals surface area contributed by atoms with E-state index in [0.29, 0.717) is 12.3 Å². The summed E-state index contributed by atoms with van der Waals surface area (Å²) in [6.07, 6.45) is 0. The molecule has 0 radical (unpaired) electrons. The van der Waals surface area contributed by atoms with Crippen LogP contribution in [0.4, 0.5) is 5.69 Å². The third-order valence-corrected chi connectivity index (χ3v) is 2.54. The van der Waals surface area contributed by atoms with Gasteiger partial charge in [0, 0.05) is 33.0 Å². The van der Waals surface area contributed by atoms with E-state index in [9.17, 15) is 4.79 Å². The molecule has 0 aliphatic heterocycles. The Morgan fingerprint density at radius 1 is 1.50 bits per heavy atom. The number of anilines is 1. The number of ether oxygens (including phenoxy) is 1. The van der Waals surface area contributed by atoms with E-state index in [0.717, 1.165) is 11.2 Å². The van der Waals surface area contributed by atoms with E-state index >= 15 is 0 Å². The van der Waals surface area contributed by atoms with Gasteiger partial charge in [-0.3, -0.25) is 4.57 Å². The Bertz CT molecular complexity index is 556. The molecular formula is C11H14N2O3. The molecule has 1 aromatic carbocycles. The Labute approximate surface area is 92.8 Å². The first kappa shape index (κ1) is 10.8. The Hall–Kier alpha value is -1.75. The number of hydrogen-bond acceptors (Lipinski definition) is 4. The number of methoxy groups -OCH3 is 1. The number of benzene rings is 1. The number of hydrogen-bond donors (Lipinski definition) is 0. The molecule has 0 amide bonds. The lowest BCUT2D eigenvalue weighted by Crippen LogP contribution is -2.19. The van der Waals surface area contributed by atoms with E-state index < -0.39 is 0 Å². The molecule has 0 aliphatic rings. The zero-order valence-electron chi connectivity index (χ0n) is 9.56. The fourth-order valence-electron chi connectivity index (χ4n) is 1.63. The van der Waals surface area contributed by atoms with Crippen molar-refractivity contribution in [2.75, 3.05) is 25.8 Å². The predicted octanol–water partition coefficient (Wildman–Crippen LogP) is 1.17. The summed E-state index contributed by atoms with van der Waals surface area (Å²) in [5.41, 5.74) is 2.33. The molecule has 2 aromatic rings. The van der Waals surface area contributed by atoms with Crippen molar-refractivity contribution in [3.05, 3.63) is 28.7 Å². The highest BCUT2D eigenvalue weighted by Gasteiger charge is 2.08. The SMILES string of the molecule is COCN(C)c1ccc2c(c1)oc(=O)n2C. The van der Waals surface area contributed by atoms with Gasteiger partial charge in [-0.25, -0.2) is 4.79 Å². The lowest BCUT2D eigenvalue weighted by Gasteiger charge is -2.17. The second-order valence-electron chi connectivity index (χ2n) is 3.69. The Kier molecular flexibility index (Phi) is 2.70. The van der Waals surface area contributed by atoms with Crippen LogP contribution in [-0.4, -0.2) is 25.5 Å². The topological polar surface area (TPSA) is 47.6 Å². The van der Waals surface area contributed by atoms with Crippen molar-refractivity contribution < 1.29 is 9.15 Å². The summed E-state index contributed by atoms with van der Waals surface area (Å²) in [5.74, 6) is -0.346. The maximum absolute atomic E-state index is 11.3. The fraction of sp³-hybridized carbons (Fsp3) is 0.364. The average molecular weight is 222 g/mol. The van der Waals surface area contributed by atoms with Crippen molar-refractivity contribution in [3.8, 4) is 0 Å². The smallest absolute Gasteiger partial charge is 0.408 e. The van der Waals surface area contributed by atoms with E-state index in [-0.39, 0.29) is 5.76 Å². The number of fused-ring (bicyclic) bond motifs is 1. The molecule has 5 nitrogen and oxygen atoms in total. The first-order valence-corrected chi connectivity index (χ1v) is 4.93. The van der Waals surface area contributed by atoms with Crippen molar-refractivity contribution in [3.63, 3.8) is 0 Å². The quantitative estimate of drug-likeness (QED) is 0.731. The molecule has 0 N–H and O–H groups in total. The summed E-state index contributed by atoms with van der Waals surface area (Å²) in [6, 6.07) is 5.62. The second-order valence-corrected chi connectivity index (χ2v) is 3.69. The normalized spacial score (nSPS) is 10.9. The zero-order valence-corrected chi connectivity index (χ0v) is 9.56. The molecule has 1 aromatic heterocycles. The molecule has 1 heterocycles. The summed E-state index contributed by atoms with van der Waals surface area (Å²) in [4.78, 5) is 13.2. The van der Waals surface area contributed by atoms with Crippen molar-refractivity contribution in [2.24, 2.45) is 7.05 Å². The van der Waals surface area contributed by atoms with Crippen LogP contribution in [0.5, 0.6) is 0 Å². The highest BCUT2D eigenvalue weighted by Crippen LogP contribution is 2.20. The van der Waals surface area contributed by atoms with E-state index in [1.807, 2.05) is 30.1 Å². The van der Waals surface area contributed by atoms with Gasteiger partial charge in [-0.15, -0.1) is 0 Å². The Morgan fingerprint density at radius 3 is 2.94 bits per heavy atom. The number of aromatic nitrogens is 1. The molecule has 5 heteroatoms. The Morgan fingerprint density at radius 2 is 2.25 bits per heavy atom. The maximum Gasteiger partial charge on any atom is 0.419 e. The number of rotatable bonds is 3. The summed E-state index contributed by atoms with van der Waals surface area (Å²) in [7, 11) is 5.23. The van der Waals surface area contributed by atoms with Gasteiger partial charge in [0.15, 0.2) is 5.58 Å². The van der Waals surface area contributed by atoms with E-state index in [4.69, 9.17) is 9.15 Å². The second kappa shape index (κ2) is 4.02. The zero-order chi connectivity index (χ0) is 11.7. The first-order valence-electron chi connectivity index (χ1n) is 4.93. The van der Waals surface area contributed by atoms with Crippen molar-refractivity contribution >= 4 is 16.8 Å². The number of nitrogens with zero attached hydrogens (tertiary/aromatic N) is 2. The van der Waals surface area contributed by atoms with Crippen LogP contribution >= 0.6 is 0 Å². The van der Waals surface area contributed by atoms with Crippen LogP contribution in [-0.2, 0) is 11.8 Å². The molecule has 0 saturated carbocycles. The third kappa shape index (κ3) is 1.69. The summed E-state index contributed by atoms with van der Waals surface area (Å²) in [6.45, 7) is 0.489. The summed E-state index contributed by atoms with van der Waals surface area (Å²) >= 11 is 0. The summed E-state index contributed by atoms with van der Waals surface area (Å²) < 4.78 is 11.6. The van der Waals surface area contributed by atoms with Gasteiger partial charge in [0.25, 0.3) is 0 Å². The van der Waals surface area contributed by atoms with E-state index in [1.54, 1.807) is 14.2 Å². The van der Waals surface area contributed by atoms with Crippen LogP contribution in [0.15, 0.2) is 27.4 Å². The van der Waals surface area contributed by atoms with Gasteiger partial charge in [0.2, 0.25) is 0 Å². The molecule has 0 fully saturated rings. The van der Waals surface area contributed by atoms with Crippen LogP contribution in [0, 0.1) is 0 Å². The molecule has 16 heavy (non-hydrogen) atoms. The van der Waals surface area contributed by atoms with Crippen LogP contribution in [0.3, 0.4) is 0 Å². The molecule has 0 aliphatic carbocycles. The molecule has 0 spiro atoms. The van der Waals surface area contributed by atoms with Crippen LogP contribution in [0.25, 0.3) is 11.1 Å². The van der Waals surface area contributed by atoms with Gasteiger partial charge in [-0.2, -0.15) is 0 Å². The highest BCUT2D eigenvalue weighted by molar-refractivity contribution is 5.77. The predicted molar refractivity (Wildman–Crippen MR) is 61.7 cm³/mol. The fourth-order valence-corrected chi connectivity index (χ4v) is 1.63. The van der Waals surface area contributed by atoms with E-state index in [2.05, 4.69) is 0 Å². The molecule has 2 rings (SSSR count). The van der Waals surface area contributed by atoms with Gasteiger partial charge in [-0.1, -0.05) is 0 Å². The van der Waals surface area contributed by atoms with Crippen LogP contribution in [0.1, 0.15) is 0 Å². The lowest BCUT2D eigenvalue weighted by atomic mass is 10.2. The maximum atomic E-state index is 11.3. The van der Waals surface area contributed by atoms with Gasteiger partial charge < -0.3 is 14.1 Å². The van der Waals surface area contributed by atoms with Crippen molar-refractivity contribution in [2.45, 2.75) is 0 Å². The molecule has 0 bridgehead atoms. The van der Waals surface area contributed by atoms with Gasteiger partial charge in [-0.05, 0) is 12.1 Å². The van der Waals surface area contributed by atoms with Crippen LogP contribution in [0.2, 0.25) is 0 Å². The minimum atomic E-state index is -0.346. The van der Waals surface area contributed by atoms with Gasteiger partial charge in [0.1, 0.15) is 6.73 Å². The van der Waals surface area contributed by atoms with Crippen molar-refractivity contribution in [1.82, 2.24) is 4.57 Å². The standard InChI is InChI=1S/C11H14N2O3/c1-12(7-15-3)8-4-5-9-10(6-8)16-11(14)13(9)2/h4-6H,7H2,1-3H3. The number of oxazole rings is 1. The van der Waals surface area contributed by atoms with Gasteiger partial charge in [0.05, 0.1) is 5.52 Å².